The summed E-state index contributed by atoms with van der Waals surface area (Å²) < 4.78 is 37.9. The molecule has 0 unspecified atom stereocenters. The van der Waals surface area contributed by atoms with Gasteiger partial charge in [-0.2, -0.15) is 4.31 Å². The Labute approximate surface area is 153 Å². The number of hydrogen-bond donors (Lipinski definition) is 1. The summed E-state index contributed by atoms with van der Waals surface area (Å²) in [4.78, 5) is 2.08. The Balaban J connectivity index is 1.37. The average Bonchev–Trinajstić information content (AvgIpc) is 3.29. The van der Waals surface area contributed by atoms with Crippen molar-refractivity contribution in [2.75, 3.05) is 52.5 Å². The molecule has 1 aromatic rings. The van der Waals surface area contributed by atoms with Crippen molar-refractivity contribution < 1.29 is 23.0 Å². The number of piperazine rings is 1. The van der Waals surface area contributed by atoms with E-state index in [1.54, 1.807) is 17.5 Å². The first-order valence-electron chi connectivity index (χ1n) is 8.69. The Morgan fingerprint density at radius 3 is 2.80 bits per heavy atom. The predicted molar refractivity (Wildman–Crippen MR) is 95.3 cm³/mol. The molecule has 1 aromatic heterocycles. The minimum absolute atomic E-state index is 0.165. The van der Waals surface area contributed by atoms with E-state index in [1.807, 2.05) is 0 Å². The third-order valence-corrected chi connectivity index (χ3v) is 7.80. The van der Waals surface area contributed by atoms with Crippen molar-refractivity contribution in [3.8, 4) is 0 Å². The Hall–Kier alpha value is -0.550. The quantitative estimate of drug-likeness (QED) is 0.701. The van der Waals surface area contributed by atoms with Gasteiger partial charge in [0.25, 0.3) is 10.0 Å². The average molecular weight is 391 g/mol. The minimum Gasteiger partial charge on any atom is -0.389 e. The van der Waals surface area contributed by atoms with Crippen molar-refractivity contribution in [2.24, 2.45) is 0 Å². The molecule has 2 aliphatic heterocycles. The van der Waals surface area contributed by atoms with E-state index in [-0.39, 0.29) is 12.7 Å². The summed E-state index contributed by atoms with van der Waals surface area (Å²) in [7, 11) is -3.37. The number of hydrogen-bond acceptors (Lipinski definition) is 7. The number of thiophene rings is 1. The van der Waals surface area contributed by atoms with Gasteiger partial charge in [-0.25, -0.2) is 8.42 Å². The highest BCUT2D eigenvalue weighted by atomic mass is 32.2. The summed E-state index contributed by atoms with van der Waals surface area (Å²) in [6.45, 7) is 4.25. The van der Waals surface area contributed by atoms with Gasteiger partial charge in [0.05, 0.1) is 25.4 Å². The van der Waals surface area contributed by atoms with Crippen LogP contribution in [-0.4, -0.2) is 87.5 Å². The molecule has 0 amide bonds. The maximum atomic E-state index is 12.5. The maximum Gasteiger partial charge on any atom is 0.252 e. The number of nitrogens with zero attached hydrogens (tertiary/aromatic N) is 2. The van der Waals surface area contributed by atoms with Gasteiger partial charge in [0.1, 0.15) is 4.21 Å². The molecule has 0 saturated carbocycles. The van der Waals surface area contributed by atoms with E-state index in [2.05, 4.69) is 4.90 Å². The number of ether oxygens (including phenoxy) is 2. The van der Waals surface area contributed by atoms with Gasteiger partial charge in [0.15, 0.2) is 0 Å². The van der Waals surface area contributed by atoms with Crippen LogP contribution in [0, 0.1) is 0 Å². The lowest BCUT2D eigenvalue weighted by molar-refractivity contribution is -0.0270. The molecule has 142 valence electrons. The normalized spacial score (nSPS) is 24.6. The molecule has 0 spiro atoms. The molecule has 0 aromatic carbocycles. The Bertz CT molecular complexity index is 608. The van der Waals surface area contributed by atoms with E-state index in [9.17, 15) is 13.5 Å². The first-order valence-corrected chi connectivity index (χ1v) is 11.0. The highest BCUT2D eigenvalue weighted by Gasteiger charge is 2.29. The van der Waals surface area contributed by atoms with Crippen LogP contribution in [0.5, 0.6) is 0 Å². The van der Waals surface area contributed by atoms with Gasteiger partial charge in [-0.15, -0.1) is 11.3 Å². The van der Waals surface area contributed by atoms with E-state index in [4.69, 9.17) is 9.47 Å². The summed E-state index contributed by atoms with van der Waals surface area (Å²) >= 11 is 1.24. The molecule has 2 saturated heterocycles. The van der Waals surface area contributed by atoms with Crippen LogP contribution in [0.1, 0.15) is 12.8 Å². The van der Waals surface area contributed by atoms with E-state index >= 15 is 0 Å². The van der Waals surface area contributed by atoms with Crippen LogP contribution < -0.4 is 0 Å². The molecule has 2 fully saturated rings. The number of rotatable bonds is 8. The van der Waals surface area contributed by atoms with Crippen LogP contribution in [0.25, 0.3) is 0 Å². The standard InChI is InChI=1S/C16H26N2O5S2/c19-14(12-22-13-15-3-1-9-23-15)11-17-5-7-18(8-6-17)25(20,21)16-4-2-10-24-16/h2,4,10,14-15,19H,1,3,5-9,11-13H2/t14-,15+/m0/s1. The maximum absolute atomic E-state index is 12.5. The summed E-state index contributed by atoms with van der Waals surface area (Å²) in [5.41, 5.74) is 0. The summed E-state index contributed by atoms with van der Waals surface area (Å²) in [6.07, 6.45) is 1.70. The zero-order valence-corrected chi connectivity index (χ0v) is 15.9. The second kappa shape index (κ2) is 8.90. The van der Waals surface area contributed by atoms with Gasteiger partial charge in [0.2, 0.25) is 0 Å². The molecular formula is C16H26N2O5S2. The Kier molecular flexibility index (Phi) is 6.84. The molecule has 2 atom stereocenters. The SMILES string of the molecule is O=S(=O)(c1cccs1)N1CCN(C[C@H](O)COC[C@H]2CCCO2)CC1. The fourth-order valence-corrected chi connectivity index (χ4v) is 5.72. The third-order valence-electron chi connectivity index (χ3n) is 4.53. The van der Waals surface area contributed by atoms with Gasteiger partial charge >= 0.3 is 0 Å². The molecule has 3 rings (SSSR count). The zero-order chi connectivity index (χ0) is 17.7. The zero-order valence-electron chi connectivity index (χ0n) is 14.2. The molecule has 2 aliphatic rings. The van der Waals surface area contributed by atoms with E-state index < -0.39 is 16.1 Å². The Morgan fingerprint density at radius 2 is 2.16 bits per heavy atom. The van der Waals surface area contributed by atoms with Crippen molar-refractivity contribution in [3.05, 3.63) is 17.5 Å². The Morgan fingerprint density at radius 1 is 1.36 bits per heavy atom. The van der Waals surface area contributed by atoms with Crippen molar-refractivity contribution in [1.82, 2.24) is 9.21 Å². The van der Waals surface area contributed by atoms with Gasteiger partial charge in [-0.05, 0) is 24.3 Å². The van der Waals surface area contributed by atoms with Crippen molar-refractivity contribution >= 4 is 21.4 Å². The summed E-state index contributed by atoms with van der Waals surface area (Å²) in [5.74, 6) is 0. The minimum atomic E-state index is -3.37. The number of aliphatic hydroxyl groups is 1. The fraction of sp³-hybridized carbons (Fsp3) is 0.750. The topological polar surface area (TPSA) is 79.3 Å². The molecule has 0 radical (unpaired) electrons. The van der Waals surface area contributed by atoms with Crippen LogP contribution in [0.4, 0.5) is 0 Å². The van der Waals surface area contributed by atoms with Gasteiger partial charge < -0.3 is 14.6 Å². The van der Waals surface area contributed by atoms with Crippen molar-refractivity contribution in [2.45, 2.75) is 29.3 Å². The van der Waals surface area contributed by atoms with Crippen LogP contribution >= 0.6 is 11.3 Å². The van der Waals surface area contributed by atoms with E-state index in [0.717, 1.165) is 19.4 Å². The first kappa shape index (κ1) is 19.2. The fourth-order valence-electron chi connectivity index (χ4n) is 3.15. The second-order valence-electron chi connectivity index (χ2n) is 6.46. The third kappa shape index (κ3) is 5.22. The molecule has 9 heteroatoms. The molecule has 0 bridgehead atoms. The van der Waals surface area contributed by atoms with Gasteiger partial charge in [-0.1, -0.05) is 6.07 Å². The van der Waals surface area contributed by atoms with Crippen LogP contribution in [0.3, 0.4) is 0 Å². The molecule has 7 nitrogen and oxygen atoms in total. The van der Waals surface area contributed by atoms with Gasteiger partial charge in [0, 0.05) is 39.3 Å². The number of sulfonamides is 1. The lowest BCUT2D eigenvalue weighted by atomic mass is 10.2. The van der Waals surface area contributed by atoms with E-state index in [0.29, 0.717) is 43.5 Å². The molecule has 0 aliphatic carbocycles. The molecule has 3 heterocycles. The molecule has 25 heavy (non-hydrogen) atoms. The van der Waals surface area contributed by atoms with Crippen LogP contribution in [-0.2, 0) is 19.5 Å². The predicted octanol–water partition coefficient (Wildman–Crippen LogP) is 0.611. The summed E-state index contributed by atoms with van der Waals surface area (Å²) in [5, 5.41) is 11.9. The lowest BCUT2D eigenvalue weighted by Gasteiger charge is -2.34. The monoisotopic (exact) mass is 390 g/mol. The highest BCUT2D eigenvalue weighted by molar-refractivity contribution is 7.91. The molecule has 1 N–H and O–H groups in total. The molecular weight excluding hydrogens is 364 g/mol. The number of β-amino-alcohol motifs (C(OH)–C–C–N with tert-alkyl or cyclic N) is 1. The smallest absolute Gasteiger partial charge is 0.252 e. The van der Waals surface area contributed by atoms with Crippen LogP contribution in [0.2, 0.25) is 0 Å². The van der Waals surface area contributed by atoms with Gasteiger partial charge in [-0.3, -0.25) is 4.90 Å². The van der Waals surface area contributed by atoms with Crippen molar-refractivity contribution in [3.63, 3.8) is 0 Å². The summed E-state index contributed by atoms with van der Waals surface area (Å²) in [6, 6.07) is 3.39. The van der Waals surface area contributed by atoms with Crippen molar-refractivity contribution in [1.29, 1.82) is 0 Å². The first-order chi connectivity index (χ1) is 12.1. The highest BCUT2D eigenvalue weighted by Crippen LogP contribution is 2.22. The lowest BCUT2D eigenvalue weighted by Crippen LogP contribution is -2.50. The van der Waals surface area contributed by atoms with Crippen LogP contribution in [0.15, 0.2) is 21.7 Å². The second-order valence-corrected chi connectivity index (χ2v) is 9.58. The number of aliphatic hydroxyl groups excluding tert-OH is 1. The largest absolute Gasteiger partial charge is 0.389 e. The van der Waals surface area contributed by atoms with E-state index in [1.165, 1.54) is 15.6 Å².